The summed E-state index contributed by atoms with van der Waals surface area (Å²) in [5, 5.41) is 3.42. The number of anilines is 1. The lowest BCUT2D eigenvalue weighted by atomic mass is 10.2. The first-order valence-electron chi connectivity index (χ1n) is 5.54. The summed E-state index contributed by atoms with van der Waals surface area (Å²) in [6.07, 6.45) is 0. The molecule has 0 saturated heterocycles. The van der Waals surface area contributed by atoms with Crippen molar-refractivity contribution in [1.29, 1.82) is 0 Å². The van der Waals surface area contributed by atoms with E-state index in [4.69, 9.17) is 11.6 Å². The van der Waals surface area contributed by atoms with Crippen molar-refractivity contribution >= 4 is 27.1 Å². The summed E-state index contributed by atoms with van der Waals surface area (Å²) in [7, 11) is -2.99. The topological polar surface area (TPSA) is 46.2 Å². The first-order valence-corrected chi connectivity index (χ1v) is 7.64. The van der Waals surface area contributed by atoms with E-state index in [9.17, 15) is 8.42 Å². The van der Waals surface area contributed by atoms with Crippen LogP contribution in [0.25, 0.3) is 0 Å². The van der Waals surface area contributed by atoms with Crippen LogP contribution < -0.4 is 5.32 Å². The van der Waals surface area contributed by atoms with Crippen LogP contribution in [0, 0.1) is 6.92 Å². The molecule has 0 spiro atoms. The molecule has 1 N–H and O–H groups in total. The molecule has 96 valence electrons. The summed E-state index contributed by atoms with van der Waals surface area (Å²) in [4.78, 5) is 0. The summed E-state index contributed by atoms with van der Waals surface area (Å²) in [5.74, 6) is 0.136. The highest BCUT2D eigenvalue weighted by atomic mass is 35.5. The Morgan fingerprint density at radius 1 is 1.35 bits per heavy atom. The van der Waals surface area contributed by atoms with E-state index < -0.39 is 9.84 Å². The maximum atomic E-state index is 11.6. The van der Waals surface area contributed by atoms with E-state index in [1.165, 1.54) is 0 Å². The van der Waals surface area contributed by atoms with Crippen LogP contribution in [-0.2, 0) is 9.84 Å². The van der Waals surface area contributed by atoms with Crippen LogP contribution in [0.15, 0.2) is 18.2 Å². The number of nitrogens with one attached hydrogen (secondary N) is 1. The van der Waals surface area contributed by atoms with E-state index in [0.29, 0.717) is 11.6 Å². The molecule has 0 aromatic heterocycles. The van der Waals surface area contributed by atoms with Gasteiger partial charge in [-0.1, -0.05) is 17.7 Å². The standard InChI is InChI=1S/C12H18ClNO2S/c1-9(2)17(15,16)7-6-14-12-8-11(13)5-4-10(12)3/h4-5,8-9,14H,6-7H2,1-3H3. The van der Waals surface area contributed by atoms with Crippen LogP contribution >= 0.6 is 11.6 Å². The van der Waals surface area contributed by atoms with Gasteiger partial charge in [-0.3, -0.25) is 0 Å². The van der Waals surface area contributed by atoms with Gasteiger partial charge in [0, 0.05) is 17.3 Å². The summed E-state index contributed by atoms with van der Waals surface area (Å²) >= 11 is 5.88. The SMILES string of the molecule is Cc1ccc(Cl)cc1NCCS(=O)(=O)C(C)C. The van der Waals surface area contributed by atoms with Gasteiger partial charge in [-0.25, -0.2) is 8.42 Å². The Balaban J connectivity index is 2.60. The molecule has 0 saturated carbocycles. The quantitative estimate of drug-likeness (QED) is 0.899. The van der Waals surface area contributed by atoms with Crippen molar-refractivity contribution in [3.05, 3.63) is 28.8 Å². The molecule has 1 aromatic rings. The molecule has 0 radical (unpaired) electrons. The average Bonchev–Trinajstić information content (AvgIpc) is 2.22. The van der Waals surface area contributed by atoms with Crippen LogP contribution in [-0.4, -0.2) is 26.0 Å². The molecule has 0 fully saturated rings. The van der Waals surface area contributed by atoms with Gasteiger partial charge in [0.2, 0.25) is 0 Å². The van der Waals surface area contributed by atoms with Gasteiger partial charge >= 0.3 is 0 Å². The van der Waals surface area contributed by atoms with Crippen LogP contribution in [0.1, 0.15) is 19.4 Å². The molecule has 0 atom stereocenters. The summed E-state index contributed by atoms with van der Waals surface area (Å²) in [5.41, 5.74) is 1.94. The molecule has 0 aliphatic heterocycles. The first-order chi connectivity index (χ1) is 7.83. The van der Waals surface area contributed by atoms with Crippen molar-refractivity contribution in [2.24, 2.45) is 0 Å². The average molecular weight is 276 g/mol. The summed E-state index contributed by atoms with van der Waals surface area (Å²) < 4.78 is 23.2. The predicted octanol–water partition coefficient (Wildman–Crippen LogP) is 2.88. The van der Waals surface area contributed by atoms with Gasteiger partial charge in [-0.15, -0.1) is 0 Å². The number of rotatable bonds is 5. The second-order valence-electron chi connectivity index (χ2n) is 4.30. The second kappa shape index (κ2) is 5.74. The van der Waals surface area contributed by atoms with E-state index in [0.717, 1.165) is 11.3 Å². The van der Waals surface area contributed by atoms with Crippen molar-refractivity contribution in [3.8, 4) is 0 Å². The molecule has 5 heteroatoms. The fourth-order valence-corrected chi connectivity index (χ4v) is 2.38. The van der Waals surface area contributed by atoms with Crippen molar-refractivity contribution in [2.75, 3.05) is 17.6 Å². The fraction of sp³-hybridized carbons (Fsp3) is 0.500. The summed E-state index contributed by atoms with van der Waals surface area (Å²) in [6.45, 7) is 5.75. The minimum absolute atomic E-state index is 0.136. The molecule has 0 bridgehead atoms. The molecule has 0 aliphatic carbocycles. The van der Waals surface area contributed by atoms with Crippen LogP contribution in [0.2, 0.25) is 5.02 Å². The third-order valence-corrected chi connectivity index (χ3v) is 5.06. The Bertz CT molecular complexity index is 483. The third kappa shape index (κ3) is 4.21. The monoisotopic (exact) mass is 275 g/mol. The molecule has 17 heavy (non-hydrogen) atoms. The smallest absolute Gasteiger partial charge is 0.154 e. The predicted molar refractivity (Wildman–Crippen MR) is 73.6 cm³/mol. The number of halogens is 1. The van der Waals surface area contributed by atoms with Crippen LogP contribution in [0.4, 0.5) is 5.69 Å². The molecular weight excluding hydrogens is 258 g/mol. The van der Waals surface area contributed by atoms with E-state index in [1.807, 2.05) is 19.1 Å². The number of hydrogen-bond donors (Lipinski definition) is 1. The Hall–Kier alpha value is -0.740. The minimum atomic E-state index is -2.99. The zero-order valence-corrected chi connectivity index (χ0v) is 11.9. The Labute approximate surface area is 108 Å². The van der Waals surface area contributed by atoms with Crippen molar-refractivity contribution < 1.29 is 8.42 Å². The number of sulfone groups is 1. The molecule has 0 heterocycles. The number of aryl methyl sites for hydroxylation is 1. The van der Waals surface area contributed by atoms with E-state index >= 15 is 0 Å². The van der Waals surface area contributed by atoms with Gasteiger partial charge in [-0.2, -0.15) is 0 Å². The minimum Gasteiger partial charge on any atom is -0.384 e. The van der Waals surface area contributed by atoms with Gasteiger partial charge in [0.1, 0.15) is 0 Å². The lowest BCUT2D eigenvalue weighted by Crippen LogP contribution is -2.23. The fourth-order valence-electron chi connectivity index (χ4n) is 1.35. The molecule has 0 amide bonds. The third-order valence-electron chi connectivity index (χ3n) is 2.62. The Kier molecular flexibility index (Phi) is 4.83. The molecular formula is C12H18ClNO2S. The molecule has 3 nitrogen and oxygen atoms in total. The maximum Gasteiger partial charge on any atom is 0.154 e. The van der Waals surface area contributed by atoms with Crippen molar-refractivity contribution in [1.82, 2.24) is 0 Å². The molecule has 0 unspecified atom stereocenters. The van der Waals surface area contributed by atoms with Gasteiger partial charge in [-0.05, 0) is 38.5 Å². The second-order valence-corrected chi connectivity index (χ2v) is 7.41. The van der Waals surface area contributed by atoms with Gasteiger partial charge in [0.05, 0.1) is 11.0 Å². The highest BCUT2D eigenvalue weighted by molar-refractivity contribution is 7.92. The lowest BCUT2D eigenvalue weighted by Gasteiger charge is -2.11. The zero-order chi connectivity index (χ0) is 13.1. The normalized spacial score (nSPS) is 11.8. The van der Waals surface area contributed by atoms with Gasteiger partial charge < -0.3 is 5.32 Å². The number of hydrogen-bond acceptors (Lipinski definition) is 3. The lowest BCUT2D eigenvalue weighted by molar-refractivity contribution is 0.588. The van der Waals surface area contributed by atoms with Crippen molar-refractivity contribution in [3.63, 3.8) is 0 Å². The molecule has 0 aliphatic rings. The highest BCUT2D eigenvalue weighted by Crippen LogP contribution is 2.19. The van der Waals surface area contributed by atoms with E-state index in [-0.39, 0.29) is 11.0 Å². The first kappa shape index (κ1) is 14.3. The molecule has 1 aromatic carbocycles. The zero-order valence-electron chi connectivity index (χ0n) is 10.3. The largest absolute Gasteiger partial charge is 0.384 e. The van der Waals surface area contributed by atoms with Crippen molar-refractivity contribution in [2.45, 2.75) is 26.0 Å². The Morgan fingerprint density at radius 2 is 2.00 bits per heavy atom. The van der Waals surface area contributed by atoms with Gasteiger partial charge in [0.25, 0.3) is 0 Å². The van der Waals surface area contributed by atoms with Gasteiger partial charge in [0.15, 0.2) is 9.84 Å². The number of benzene rings is 1. The van der Waals surface area contributed by atoms with Crippen LogP contribution in [0.3, 0.4) is 0 Å². The van der Waals surface area contributed by atoms with E-state index in [1.54, 1.807) is 19.9 Å². The highest BCUT2D eigenvalue weighted by Gasteiger charge is 2.15. The Morgan fingerprint density at radius 3 is 2.59 bits per heavy atom. The summed E-state index contributed by atoms with van der Waals surface area (Å²) in [6, 6.07) is 5.52. The van der Waals surface area contributed by atoms with E-state index in [2.05, 4.69) is 5.32 Å². The maximum absolute atomic E-state index is 11.6. The molecule has 1 rings (SSSR count). The van der Waals surface area contributed by atoms with Crippen LogP contribution in [0.5, 0.6) is 0 Å².